The van der Waals surface area contributed by atoms with Crippen molar-refractivity contribution in [3.05, 3.63) is 69.0 Å². The van der Waals surface area contributed by atoms with Crippen molar-refractivity contribution in [3.8, 4) is 19.5 Å². The Hall–Kier alpha value is -1.81. The average Bonchev–Trinajstić information content (AvgIpc) is 3.53. The van der Waals surface area contributed by atoms with Gasteiger partial charge in [-0.05, 0) is 53.6 Å². The molecule has 1 unspecified atom stereocenters. The molecule has 0 spiro atoms. The molecule has 4 rings (SSSR count). The molecule has 4 aromatic rings. The summed E-state index contributed by atoms with van der Waals surface area (Å²) in [6.45, 7) is 2.22. The lowest BCUT2D eigenvalue weighted by Gasteiger charge is -2.22. The number of rotatable bonds is 10. The van der Waals surface area contributed by atoms with E-state index in [1.165, 1.54) is 29.3 Å². The van der Waals surface area contributed by atoms with Gasteiger partial charge in [0.15, 0.2) is 0 Å². The summed E-state index contributed by atoms with van der Waals surface area (Å²) in [6.07, 6.45) is 0.432. The standard InChI is InChI=1S/C22H22N2O2S4/c23-17(22(25)26)9-10-24(13-15-5-7-20(29-15)18-3-1-11-27-18)14-16-6-8-21(30-16)19-4-2-12-28-19/h1-8,11-12,17H,9-10,13-14,23H2,(H,25,26). The van der Waals surface area contributed by atoms with Crippen molar-refractivity contribution in [1.29, 1.82) is 0 Å². The zero-order valence-electron chi connectivity index (χ0n) is 16.2. The third-order valence-electron chi connectivity index (χ3n) is 4.68. The van der Waals surface area contributed by atoms with Gasteiger partial charge in [0.1, 0.15) is 6.04 Å². The van der Waals surface area contributed by atoms with Crippen molar-refractivity contribution in [3.63, 3.8) is 0 Å². The van der Waals surface area contributed by atoms with Gasteiger partial charge in [0.25, 0.3) is 0 Å². The number of thiophene rings is 4. The molecule has 4 heterocycles. The molecule has 4 aromatic heterocycles. The molecule has 0 aliphatic rings. The van der Waals surface area contributed by atoms with E-state index in [9.17, 15) is 4.79 Å². The third kappa shape index (κ3) is 5.46. The van der Waals surface area contributed by atoms with Crippen LogP contribution in [0.4, 0.5) is 0 Å². The van der Waals surface area contributed by atoms with Gasteiger partial charge in [-0.1, -0.05) is 12.1 Å². The number of nitrogens with two attached hydrogens (primary N) is 1. The predicted octanol–water partition coefficient (Wildman–Crippen LogP) is 6.07. The number of nitrogens with zero attached hydrogens (tertiary/aromatic N) is 1. The molecule has 0 fully saturated rings. The minimum atomic E-state index is -0.942. The van der Waals surface area contributed by atoms with Crippen LogP contribution in [0, 0.1) is 0 Å². The Morgan fingerprint density at radius 3 is 1.83 bits per heavy atom. The molecule has 0 saturated carbocycles. The van der Waals surface area contributed by atoms with Gasteiger partial charge in [-0.2, -0.15) is 0 Å². The number of hydrogen-bond donors (Lipinski definition) is 2. The van der Waals surface area contributed by atoms with Crippen LogP contribution >= 0.6 is 45.3 Å². The fourth-order valence-electron chi connectivity index (χ4n) is 3.13. The van der Waals surface area contributed by atoms with Crippen molar-refractivity contribution in [2.75, 3.05) is 6.54 Å². The van der Waals surface area contributed by atoms with Crippen LogP contribution in [-0.2, 0) is 17.9 Å². The van der Waals surface area contributed by atoms with Gasteiger partial charge in [-0.25, -0.2) is 0 Å². The summed E-state index contributed by atoms with van der Waals surface area (Å²) in [6, 6.07) is 16.3. The highest BCUT2D eigenvalue weighted by Crippen LogP contribution is 2.34. The van der Waals surface area contributed by atoms with Crippen molar-refractivity contribution in [2.24, 2.45) is 5.73 Å². The first-order chi connectivity index (χ1) is 14.6. The van der Waals surface area contributed by atoms with Crippen LogP contribution in [0.3, 0.4) is 0 Å². The van der Waals surface area contributed by atoms with E-state index in [2.05, 4.69) is 64.2 Å². The summed E-state index contributed by atoms with van der Waals surface area (Å²) in [5.41, 5.74) is 5.77. The Morgan fingerprint density at radius 1 is 0.867 bits per heavy atom. The first-order valence-electron chi connectivity index (χ1n) is 9.54. The van der Waals surface area contributed by atoms with Gasteiger partial charge in [0, 0.05) is 48.9 Å². The van der Waals surface area contributed by atoms with Crippen molar-refractivity contribution in [2.45, 2.75) is 25.6 Å². The molecule has 8 heteroatoms. The van der Waals surface area contributed by atoms with E-state index in [4.69, 9.17) is 10.8 Å². The van der Waals surface area contributed by atoms with Gasteiger partial charge in [0.2, 0.25) is 0 Å². The number of aliphatic carboxylic acids is 1. The smallest absolute Gasteiger partial charge is 0.320 e. The monoisotopic (exact) mass is 474 g/mol. The van der Waals surface area contributed by atoms with Crippen LogP contribution < -0.4 is 5.73 Å². The van der Waals surface area contributed by atoms with Crippen LogP contribution in [0.1, 0.15) is 16.2 Å². The maximum Gasteiger partial charge on any atom is 0.320 e. The average molecular weight is 475 g/mol. The molecule has 0 aromatic carbocycles. The van der Waals surface area contributed by atoms with Crippen molar-refractivity contribution in [1.82, 2.24) is 4.90 Å². The lowest BCUT2D eigenvalue weighted by molar-refractivity contribution is -0.138. The van der Waals surface area contributed by atoms with E-state index in [-0.39, 0.29) is 0 Å². The predicted molar refractivity (Wildman–Crippen MR) is 130 cm³/mol. The zero-order valence-corrected chi connectivity index (χ0v) is 19.5. The Kier molecular flexibility index (Phi) is 7.14. The van der Waals surface area contributed by atoms with E-state index in [1.54, 1.807) is 45.3 Å². The van der Waals surface area contributed by atoms with E-state index in [1.807, 2.05) is 0 Å². The van der Waals surface area contributed by atoms with E-state index in [0.717, 1.165) is 13.1 Å². The molecule has 4 nitrogen and oxygen atoms in total. The number of carboxylic acids is 1. The van der Waals surface area contributed by atoms with Crippen molar-refractivity contribution >= 4 is 51.3 Å². The Bertz CT molecular complexity index is 992. The van der Waals surface area contributed by atoms with Gasteiger partial charge in [0.05, 0.1) is 0 Å². The molecule has 1 atom stereocenters. The molecule has 0 bridgehead atoms. The minimum Gasteiger partial charge on any atom is -0.480 e. The second-order valence-corrected chi connectivity index (χ2v) is 11.2. The maximum absolute atomic E-state index is 11.2. The molecule has 0 amide bonds. The first kappa shape index (κ1) is 21.4. The maximum atomic E-state index is 11.2. The van der Waals surface area contributed by atoms with Crippen LogP contribution in [0.15, 0.2) is 59.3 Å². The Balaban J connectivity index is 1.47. The summed E-state index contributed by atoms with van der Waals surface area (Å²) in [7, 11) is 0. The summed E-state index contributed by atoms with van der Waals surface area (Å²) in [5, 5.41) is 13.3. The topological polar surface area (TPSA) is 66.6 Å². The van der Waals surface area contributed by atoms with Crippen molar-refractivity contribution < 1.29 is 9.90 Å². The zero-order chi connectivity index (χ0) is 20.9. The second-order valence-electron chi connectivity index (χ2n) is 6.93. The molecule has 156 valence electrons. The normalized spacial score (nSPS) is 12.5. The second kappa shape index (κ2) is 10.00. The molecule has 30 heavy (non-hydrogen) atoms. The van der Waals surface area contributed by atoms with Gasteiger partial charge < -0.3 is 10.8 Å². The minimum absolute atomic E-state index is 0.432. The molecule has 0 radical (unpaired) electrons. The molecule has 3 N–H and O–H groups in total. The van der Waals surface area contributed by atoms with Crippen LogP contribution in [0.5, 0.6) is 0 Å². The van der Waals surface area contributed by atoms with Crippen LogP contribution in [0.25, 0.3) is 19.5 Å². The first-order valence-corrected chi connectivity index (χ1v) is 12.9. The molecule has 0 aliphatic carbocycles. The molecule has 0 aliphatic heterocycles. The van der Waals surface area contributed by atoms with E-state index in [0.29, 0.717) is 13.0 Å². The van der Waals surface area contributed by atoms with Gasteiger partial charge >= 0.3 is 5.97 Å². The molecule has 0 saturated heterocycles. The lowest BCUT2D eigenvalue weighted by atomic mass is 10.2. The summed E-state index contributed by atoms with van der Waals surface area (Å²) in [4.78, 5) is 21.1. The fourth-order valence-corrected chi connectivity index (χ4v) is 6.90. The van der Waals surface area contributed by atoms with E-state index >= 15 is 0 Å². The quantitative estimate of drug-likeness (QED) is 0.293. The third-order valence-corrected chi connectivity index (χ3v) is 8.96. The van der Waals surface area contributed by atoms with Gasteiger partial charge in [-0.3, -0.25) is 9.69 Å². The largest absolute Gasteiger partial charge is 0.480 e. The fraction of sp³-hybridized carbons (Fsp3) is 0.227. The molecular weight excluding hydrogens is 453 g/mol. The summed E-state index contributed by atoms with van der Waals surface area (Å²) in [5.74, 6) is -0.942. The summed E-state index contributed by atoms with van der Waals surface area (Å²) < 4.78 is 0. The van der Waals surface area contributed by atoms with E-state index < -0.39 is 12.0 Å². The Morgan fingerprint density at radius 2 is 1.40 bits per heavy atom. The number of carbonyl (C=O) groups is 1. The van der Waals surface area contributed by atoms with Crippen LogP contribution in [0.2, 0.25) is 0 Å². The Labute approximate surface area is 191 Å². The van der Waals surface area contributed by atoms with Gasteiger partial charge in [-0.15, -0.1) is 45.3 Å². The molecular formula is C22H22N2O2S4. The number of hydrogen-bond acceptors (Lipinski definition) is 7. The highest BCUT2D eigenvalue weighted by molar-refractivity contribution is 7.21. The highest BCUT2D eigenvalue weighted by Gasteiger charge is 2.16. The number of carboxylic acid groups (broad SMARTS) is 1. The summed E-state index contributed by atoms with van der Waals surface area (Å²) >= 11 is 7.09. The lowest BCUT2D eigenvalue weighted by Crippen LogP contribution is -2.35. The highest BCUT2D eigenvalue weighted by atomic mass is 32.1. The van der Waals surface area contributed by atoms with Crippen LogP contribution in [-0.4, -0.2) is 28.6 Å². The SMILES string of the molecule is NC(CCN(Cc1ccc(-c2cccs2)s1)Cc1ccc(-c2cccs2)s1)C(=O)O.